The van der Waals surface area contributed by atoms with Gasteiger partial charge in [-0.05, 0) is 7.05 Å². The Bertz CT molecular complexity index is 135. The van der Waals surface area contributed by atoms with E-state index < -0.39 is 5.97 Å². The summed E-state index contributed by atoms with van der Waals surface area (Å²) in [6.45, 7) is 2.68. The lowest BCUT2D eigenvalue weighted by molar-refractivity contribution is -0.141. The van der Waals surface area contributed by atoms with Gasteiger partial charge >= 0.3 is 5.97 Å². The first-order valence-electron chi connectivity index (χ1n) is 3.06. The van der Waals surface area contributed by atoms with E-state index in [0.29, 0.717) is 6.04 Å². The van der Waals surface area contributed by atoms with E-state index in [-0.39, 0.29) is 5.92 Å². The SMILES string of the molecule is CC(C(=O)O)C1CN1C. The number of carboxylic acids is 1. The summed E-state index contributed by atoms with van der Waals surface area (Å²) in [5.41, 5.74) is 0. The van der Waals surface area contributed by atoms with Crippen molar-refractivity contribution in [2.24, 2.45) is 5.92 Å². The molecule has 1 fully saturated rings. The first-order valence-corrected chi connectivity index (χ1v) is 3.06. The smallest absolute Gasteiger partial charge is 0.307 e. The Morgan fingerprint density at radius 1 is 1.89 bits per heavy atom. The van der Waals surface area contributed by atoms with E-state index >= 15 is 0 Å². The minimum atomic E-state index is -0.690. The van der Waals surface area contributed by atoms with Crippen LogP contribution in [-0.2, 0) is 4.79 Å². The van der Waals surface area contributed by atoms with E-state index in [1.807, 2.05) is 11.9 Å². The van der Waals surface area contributed by atoms with Gasteiger partial charge in [-0.25, -0.2) is 0 Å². The maximum atomic E-state index is 10.3. The molecule has 1 saturated heterocycles. The number of rotatable bonds is 2. The first kappa shape index (κ1) is 6.55. The molecule has 0 aromatic rings. The molecule has 3 nitrogen and oxygen atoms in total. The third-order valence-corrected chi connectivity index (χ3v) is 1.87. The van der Waals surface area contributed by atoms with E-state index in [4.69, 9.17) is 5.11 Å². The fourth-order valence-electron chi connectivity index (χ4n) is 0.952. The van der Waals surface area contributed by atoms with Gasteiger partial charge in [0, 0.05) is 12.6 Å². The Balaban J connectivity index is 2.36. The number of likely N-dealkylation sites (N-methyl/N-ethyl adjacent to an activating group) is 1. The van der Waals surface area contributed by atoms with Crippen molar-refractivity contribution in [2.45, 2.75) is 13.0 Å². The Morgan fingerprint density at radius 3 is 2.44 bits per heavy atom. The normalized spacial score (nSPS) is 35.8. The number of carboxylic acid groups (broad SMARTS) is 1. The Morgan fingerprint density at radius 2 is 2.33 bits per heavy atom. The molecule has 3 unspecified atom stereocenters. The molecule has 3 heteroatoms. The fourth-order valence-corrected chi connectivity index (χ4v) is 0.952. The van der Waals surface area contributed by atoms with Crippen LogP contribution < -0.4 is 0 Å². The summed E-state index contributed by atoms with van der Waals surface area (Å²) in [6.07, 6.45) is 0. The second kappa shape index (κ2) is 1.99. The lowest BCUT2D eigenvalue weighted by atomic mass is 10.1. The Labute approximate surface area is 54.3 Å². The summed E-state index contributed by atoms with van der Waals surface area (Å²) < 4.78 is 0. The summed E-state index contributed by atoms with van der Waals surface area (Å²) >= 11 is 0. The highest BCUT2D eigenvalue weighted by molar-refractivity contribution is 5.71. The topological polar surface area (TPSA) is 40.3 Å². The predicted octanol–water partition coefficient (Wildman–Crippen LogP) is 0.0211. The summed E-state index contributed by atoms with van der Waals surface area (Å²) in [7, 11) is 1.93. The van der Waals surface area contributed by atoms with Crippen LogP contribution in [-0.4, -0.2) is 35.6 Å². The summed E-state index contributed by atoms with van der Waals surface area (Å²) in [4.78, 5) is 12.3. The van der Waals surface area contributed by atoms with Crippen LogP contribution in [0.25, 0.3) is 0 Å². The van der Waals surface area contributed by atoms with E-state index in [1.165, 1.54) is 0 Å². The van der Waals surface area contributed by atoms with Gasteiger partial charge in [0.2, 0.25) is 0 Å². The third-order valence-electron chi connectivity index (χ3n) is 1.87. The molecule has 0 aromatic heterocycles. The van der Waals surface area contributed by atoms with Crippen LogP contribution in [0, 0.1) is 5.92 Å². The first-order chi connectivity index (χ1) is 4.13. The van der Waals surface area contributed by atoms with Gasteiger partial charge in [0.05, 0.1) is 5.92 Å². The van der Waals surface area contributed by atoms with E-state index in [0.717, 1.165) is 6.54 Å². The van der Waals surface area contributed by atoms with Crippen LogP contribution in [0.1, 0.15) is 6.92 Å². The van der Waals surface area contributed by atoms with Gasteiger partial charge in [0.25, 0.3) is 0 Å². The van der Waals surface area contributed by atoms with E-state index in [9.17, 15) is 4.79 Å². The van der Waals surface area contributed by atoms with Gasteiger partial charge in [-0.3, -0.25) is 9.69 Å². The molecule has 0 saturated carbocycles. The minimum absolute atomic E-state index is 0.199. The summed E-state index contributed by atoms with van der Waals surface area (Å²) in [5.74, 6) is -0.889. The molecule has 0 radical (unpaired) electrons. The van der Waals surface area contributed by atoms with Crippen molar-refractivity contribution in [3.8, 4) is 0 Å². The lowest BCUT2D eigenvalue weighted by Gasteiger charge is -2.01. The van der Waals surface area contributed by atoms with Crippen LogP contribution in [0.3, 0.4) is 0 Å². The van der Waals surface area contributed by atoms with Gasteiger partial charge in [-0.2, -0.15) is 0 Å². The molecule has 0 aliphatic carbocycles. The zero-order chi connectivity index (χ0) is 7.02. The molecule has 1 heterocycles. The molecule has 1 aliphatic heterocycles. The van der Waals surface area contributed by atoms with Crippen LogP contribution in [0.15, 0.2) is 0 Å². The van der Waals surface area contributed by atoms with Crippen LogP contribution in [0.4, 0.5) is 0 Å². The number of hydrogen-bond acceptors (Lipinski definition) is 2. The minimum Gasteiger partial charge on any atom is -0.481 e. The van der Waals surface area contributed by atoms with Crippen molar-refractivity contribution in [1.82, 2.24) is 4.90 Å². The molecule has 52 valence electrons. The second-order valence-electron chi connectivity index (χ2n) is 2.63. The maximum absolute atomic E-state index is 10.3. The largest absolute Gasteiger partial charge is 0.481 e. The van der Waals surface area contributed by atoms with Crippen molar-refractivity contribution in [1.29, 1.82) is 0 Å². The average Bonchev–Trinajstić information content (AvgIpc) is 2.44. The van der Waals surface area contributed by atoms with Crippen molar-refractivity contribution in [2.75, 3.05) is 13.6 Å². The van der Waals surface area contributed by atoms with Crippen molar-refractivity contribution >= 4 is 5.97 Å². The van der Waals surface area contributed by atoms with Crippen molar-refractivity contribution < 1.29 is 9.90 Å². The summed E-state index contributed by atoms with van der Waals surface area (Å²) in [5, 5.41) is 8.48. The summed E-state index contributed by atoms with van der Waals surface area (Å²) in [6, 6.07) is 0.294. The molecule has 0 spiro atoms. The number of nitrogens with zero attached hydrogens (tertiary/aromatic N) is 1. The van der Waals surface area contributed by atoms with Gasteiger partial charge in [0.15, 0.2) is 0 Å². The zero-order valence-electron chi connectivity index (χ0n) is 5.66. The van der Waals surface area contributed by atoms with E-state index in [2.05, 4.69) is 0 Å². The highest BCUT2D eigenvalue weighted by Gasteiger charge is 2.38. The van der Waals surface area contributed by atoms with Crippen LogP contribution >= 0.6 is 0 Å². The van der Waals surface area contributed by atoms with Crippen molar-refractivity contribution in [3.05, 3.63) is 0 Å². The molecule has 0 amide bonds. The monoisotopic (exact) mass is 129 g/mol. The number of aliphatic carboxylic acids is 1. The standard InChI is InChI=1S/C6H11NO2/c1-4(6(8)9)5-3-7(5)2/h4-5H,3H2,1-2H3,(H,8,9). The second-order valence-corrected chi connectivity index (χ2v) is 2.63. The molecule has 1 aliphatic rings. The molecular weight excluding hydrogens is 118 g/mol. The van der Waals surface area contributed by atoms with Crippen LogP contribution in [0.2, 0.25) is 0 Å². The number of hydrogen-bond donors (Lipinski definition) is 1. The molecule has 1 N–H and O–H groups in total. The highest BCUT2D eigenvalue weighted by Crippen LogP contribution is 2.22. The van der Waals surface area contributed by atoms with Crippen LogP contribution in [0.5, 0.6) is 0 Å². The molecular formula is C6H11NO2. The highest BCUT2D eigenvalue weighted by atomic mass is 16.4. The van der Waals surface area contributed by atoms with Crippen molar-refractivity contribution in [3.63, 3.8) is 0 Å². The maximum Gasteiger partial charge on any atom is 0.307 e. The van der Waals surface area contributed by atoms with Gasteiger partial charge in [-0.1, -0.05) is 6.92 Å². The molecule has 9 heavy (non-hydrogen) atoms. The Kier molecular flexibility index (Phi) is 1.45. The average molecular weight is 129 g/mol. The molecule has 0 aromatic carbocycles. The van der Waals surface area contributed by atoms with Gasteiger partial charge in [-0.15, -0.1) is 0 Å². The third kappa shape index (κ3) is 1.21. The van der Waals surface area contributed by atoms with E-state index in [1.54, 1.807) is 6.92 Å². The molecule has 1 rings (SSSR count). The van der Waals surface area contributed by atoms with Gasteiger partial charge in [0.1, 0.15) is 0 Å². The predicted molar refractivity (Wildman–Crippen MR) is 33.2 cm³/mol. The lowest BCUT2D eigenvalue weighted by Crippen LogP contribution is -2.17. The number of carbonyl (C=O) groups is 1. The Hall–Kier alpha value is -0.570. The fraction of sp³-hybridized carbons (Fsp3) is 0.833. The molecule has 3 atom stereocenters. The quantitative estimate of drug-likeness (QED) is 0.534. The van der Waals surface area contributed by atoms with Gasteiger partial charge < -0.3 is 5.11 Å². The zero-order valence-corrected chi connectivity index (χ0v) is 5.66. The molecule has 0 bridgehead atoms.